The molecule has 2 aromatic heterocycles. The summed E-state index contributed by atoms with van der Waals surface area (Å²) in [5.74, 6) is 0.618. The van der Waals surface area contributed by atoms with Crippen molar-refractivity contribution < 1.29 is 13.9 Å². The van der Waals surface area contributed by atoms with E-state index in [-0.39, 0.29) is 23.6 Å². The molecule has 2 heterocycles. The number of carbonyl (C=O) groups is 1. The number of nitrogens with zero attached hydrogens (tertiary/aromatic N) is 2. The van der Waals surface area contributed by atoms with E-state index in [4.69, 9.17) is 9.15 Å². The first-order valence-corrected chi connectivity index (χ1v) is 8.57. The van der Waals surface area contributed by atoms with Crippen LogP contribution in [0.4, 0.5) is 0 Å². The molecule has 0 fully saturated rings. The minimum absolute atomic E-state index is 0.149. The van der Waals surface area contributed by atoms with Crippen molar-refractivity contribution in [3.05, 3.63) is 64.3 Å². The van der Waals surface area contributed by atoms with Crippen LogP contribution in [0.1, 0.15) is 23.2 Å². The van der Waals surface area contributed by atoms with Gasteiger partial charge in [0.05, 0.1) is 12.4 Å². The van der Waals surface area contributed by atoms with Crippen LogP contribution < -0.4 is 5.56 Å². The first-order valence-electron chi connectivity index (χ1n) is 7.58. The molecule has 0 atom stereocenters. The quantitative estimate of drug-likeness (QED) is 0.535. The lowest BCUT2D eigenvalue weighted by Crippen LogP contribution is -2.14. The largest absolute Gasteiger partial charge is 0.460 e. The second-order valence-electron chi connectivity index (χ2n) is 4.95. The van der Waals surface area contributed by atoms with Crippen molar-refractivity contribution in [3.8, 4) is 11.3 Å². The van der Waals surface area contributed by atoms with Crippen molar-refractivity contribution in [2.75, 3.05) is 6.61 Å². The van der Waals surface area contributed by atoms with Gasteiger partial charge in [0.1, 0.15) is 5.76 Å². The SMILES string of the molecule is CCOC(=O)c1ccc(CSc2nnc(-c3ccccc3)c(=O)[nH]2)o1. The molecule has 25 heavy (non-hydrogen) atoms. The Hall–Kier alpha value is -2.87. The van der Waals surface area contributed by atoms with Gasteiger partial charge in [-0.25, -0.2) is 4.79 Å². The third-order valence-electron chi connectivity index (χ3n) is 3.21. The number of benzene rings is 1. The highest BCUT2D eigenvalue weighted by molar-refractivity contribution is 7.98. The van der Waals surface area contributed by atoms with Crippen molar-refractivity contribution >= 4 is 17.7 Å². The molecule has 0 radical (unpaired) electrons. The summed E-state index contributed by atoms with van der Waals surface area (Å²) in [5, 5.41) is 8.40. The summed E-state index contributed by atoms with van der Waals surface area (Å²) < 4.78 is 10.3. The molecule has 0 unspecified atom stereocenters. The van der Waals surface area contributed by atoms with E-state index in [1.165, 1.54) is 11.8 Å². The summed E-state index contributed by atoms with van der Waals surface area (Å²) in [4.78, 5) is 26.4. The standard InChI is InChI=1S/C17H15N3O4S/c1-2-23-16(22)13-9-8-12(24-13)10-25-17-18-15(21)14(19-20-17)11-6-4-3-5-7-11/h3-9H,2,10H2,1H3,(H,18,20,21). The van der Waals surface area contributed by atoms with Gasteiger partial charge in [-0.15, -0.1) is 10.2 Å². The molecule has 3 rings (SSSR count). The van der Waals surface area contributed by atoms with E-state index < -0.39 is 5.97 Å². The number of nitrogens with one attached hydrogen (secondary N) is 1. The molecule has 3 aromatic rings. The van der Waals surface area contributed by atoms with Gasteiger partial charge in [0.25, 0.3) is 5.56 Å². The summed E-state index contributed by atoms with van der Waals surface area (Å²) in [6.45, 7) is 2.01. The van der Waals surface area contributed by atoms with Crippen LogP contribution >= 0.6 is 11.8 Å². The Bertz CT molecular complexity index is 921. The number of rotatable bonds is 6. The average molecular weight is 357 g/mol. The smallest absolute Gasteiger partial charge is 0.374 e. The molecule has 8 heteroatoms. The summed E-state index contributed by atoms with van der Waals surface area (Å²) in [7, 11) is 0. The van der Waals surface area contributed by atoms with Gasteiger partial charge in [0.2, 0.25) is 5.76 Å². The highest BCUT2D eigenvalue weighted by atomic mass is 32.2. The van der Waals surface area contributed by atoms with Gasteiger partial charge in [-0.3, -0.25) is 9.78 Å². The zero-order chi connectivity index (χ0) is 17.6. The van der Waals surface area contributed by atoms with Gasteiger partial charge in [-0.05, 0) is 19.1 Å². The number of hydrogen-bond donors (Lipinski definition) is 1. The van der Waals surface area contributed by atoms with E-state index in [0.717, 1.165) is 0 Å². The van der Waals surface area contributed by atoms with Crippen LogP contribution in [-0.4, -0.2) is 27.8 Å². The molecule has 0 saturated heterocycles. The topological polar surface area (TPSA) is 98.1 Å². The molecule has 0 aliphatic rings. The first-order chi connectivity index (χ1) is 12.2. The fourth-order valence-corrected chi connectivity index (χ4v) is 2.78. The third kappa shape index (κ3) is 4.16. The van der Waals surface area contributed by atoms with Crippen LogP contribution in [0.15, 0.2) is 56.8 Å². The number of H-pyrrole nitrogens is 1. The molecule has 0 saturated carbocycles. The summed E-state index contributed by atoms with van der Waals surface area (Å²) in [6, 6.07) is 12.4. The van der Waals surface area contributed by atoms with Gasteiger partial charge >= 0.3 is 5.97 Å². The lowest BCUT2D eigenvalue weighted by atomic mass is 10.2. The van der Waals surface area contributed by atoms with Gasteiger partial charge in [0, 0.05) is 5.56 Å². The Morgan fingerprint density at radius 2 is 2.00 bits per heavy atom. The molecular formula is C17H15N3O4S. The van der Waals surface area contributed by atoms with Crippen molar-refractivity contribution in [1.29, 1.82) is 0 Å². The molecule has 1 N–H and O–H groups in total. The second-order valence-corrected chi connectivity index (χ2v) is 5.91. The van der Waals surface area contributed by atoms with E-state index >= 15 is 0 Å². The predicted molar refractivity (Wildman–Crippen MR) is 92.3 cm³/mol. The lowest BCUT2D eigenvalue weighted by molar-refractivity contribution is 0.0488. The minimum Gasteiger partial charge on any atom is -0.460 e. The van der Waals surface area contributed by atoms with E-state index in [9.17, 15) is 9.59 Å². The Kier molecular flexibility index (Phi) is 5.30. The van der Waals surface area contributed by atoms with Gasteiger partial charge in [-0.2, -0.15) is 0 Å². The van der Waals surface area contributed by atoms with Crippen LogP contribution in [0.2, 0.25) is 0 Å². The number of esters is 1. The lowest BCUT2D eigenvalue weighted by Gasteiger charge is -2.01. The van der Waals surface area contributed by atoms with Crippen molar-refractivity contribution in [2.24, 2.45) is 0 Å². The minimum atomic E-state index is -0.501. The summed E-state index contributed by atoms with van der Waals surface area (Å²) in [6.07, 6.45) is 0. The summed E-state index contributed by atoms with van der Waals surface area (Å²) in [5.41, 5.74) is 0.667. The maximum Gasteiger partial charge on any atom is 0.374 e. The Labute approximate surface area is 147 Å². The van der Waals surface area contributed by atoms with Crippen LogP contribution in [-0.2, 0) is 10.5 Å². The first kappa shape index (κ1) is 17.0. The van der Waals surface area contributed by atoms with Crippen molar-refractivity contribution in [2.45, 2.75) is 17.8 Å². The Balaban J connectivity index is 1.67. The average Bonchev–Trinajstić information content (AvgIpc) is 3.10. The number of ether oxygens (including phenoxy) is 1. The number of hydrogen-bond acceptors (Lipinski definition) is 7. The second kappa shape index (κ2) is 7.80. The highest BCUT2D eigenvalue weighted by Gasteiger charge is 2.13. The Morgan fingerprint density at radius 3 is 2.72 bits per heavy atom. The highest BCUT2D eigenvalue weighted by Crippen LogP contribution is 2.20. The maximum atomic E-state index is 12.2. The predicted octanol–water partition coefficient (Wildman–Crippen LogP) is 2.89. The molecule has 0 spiro atoms. The molecule has 7 nitrogen and oxygen atoms in total. The zero-order valence-electron chi connectivity index (χ0n) is 13.4. The molecule has 0 aliphatic carbocycles. The number of carbonyl (C=O) groups excluding carboxylic acids is 1. The van der Waals surface area contributed by atoms with Crippen LogP contribution in [0, 0.1) is 0 Å². The molecule has 1 aromatic carbocycles. The summed E-state index contributed by atoms with van der Waals surface area (Å²) >= 11 is 1.25. The number of aromatic nitrogens is 3. The number of thioether (sulfide) groups is 1. The molecular weight excluding hydrogens is 342 g/mol. The number of aromatic amines is 1. The fourth-order valence-electron chi connectivity index (χ4n) is 2.08. The van der Waals surface area contributed by atoms with Crippen LogP contribution in [0.5, 0.6) is 0 Å². The fraction of sp³-hybridized carbons (Fsp3) is 0.176. The van der Waals surface area contributed by atoms with Gasteiger partial charge in [-0.1, -0.05) is 42.1 Å². The van der Waals surface area contributed by atoms with Crippen molar-refractivity contribution in [1.82, 2.24) is 15.2 Å². The molecule has 0 amide bonds. The molecule has 0 aliphatic heterocycles. The maximum absolute atomic E-state index is 12.2. The Morgan fingerprint density at radius 1 is 1.20 bits per heavy atom. The van der Waals surface area contributed by atoms with E-state index in [2.05, 4.69) is 15.2 Å². The van der Waals surface area contributed by atoms with Crippen LogP contribution in [0.3, 0.4) is 0 Å². The normalized spacial score (nSPS) is 10.6. The van der Waals surface area contributed by atoms with E-state index in [0.29, 0.717) is 22.2 Å². The van der Waals surface area contributed by atoms with Crippen LogP contribution in [0.25, 0.3) is 11.3 Å². The van der Waals surface area contributed by atoms with E-state index in [1.807, 2.05) is 18.2 Å². The molecule has 128 valence electrons. The van der Waals surface area contributed by atoms with Gasteiger partial charge in [0.15, 0.2) is 10.9 Å². The monoisotopic (exact) mass is 357 g/mol. The van der Waals surface area contributed by atoms with Gasteiger partial charge < -0.3 is 9.15 Å². The third-order valence-corrected chi connectivity index (χ3v) is 4.10. The molecule has 0 bridgehead atoms. The van der Waals surface area contributed by atoms with E-state index in [1.54, 1.807) is 31.2 Å². The zero-order valence-corrected chi connectivity index (χ0v) is 14.2. The number of furan rings is 1. The van der Waals surface area contributed by atoms with Crippen molar-refractivity contribution in [3.63, 3.8) is 0 Å².